The molecule has 0 spiro atoms. The molecule has 0 N–H and O–H groups in total. The summed E-state index contributed by atoms with van der Waals surface area (Å²) in [5.41, 5.74) is 0. The van der Waals surface area contributed by atoms with Gasteiger partial charge in [0, 0.05) is 0 Å². The molecule has 78 valence electrons. The largest absolute Gasteiger partial charge is 0.494 e. The van der Waals surface area contributed by atoms with E-state index >= 15 is 0 Å². The summed E-state index contributed by atoms with van der Waals surface area (Å²) < 4.78 is 5.52. The first kappa shape index (κ1) is 11.9. The van der Waals surface area contributed by atoms with Crippen molar-refractivity contribution in [2.24, 2.45) is 0 Å². The van der Waals surface area contributed by atoms with E-state index in [1.165, 1.54) is 0 Å². The second kappa shape index (κ2) is 7.15. The van der Waals surface area contributed by atoms with Gasteiger partial charge in [0.25, 0.3) is 0 Å². The average molecular weight is 249 g/mol. The highest BCUT2D eigenvalue weighted by Gasteiger charge is 2.00. The highest BCUT2D eigenvalue weighted by atomic mass is 35.7. The van der Waals surface area contributed by atoms with Crippen LogP contribution in [-0.4, -0.2) is 14.0 Å². The van der Waals surface area contributed by atoms with Crippen LogP contribution in [-0.2, 0) is 0 Å². The van der Waals surface area contributed by atoms with Crippen LogP contribution in [0.2, 0.25) is 6.04 Å². The maximum atomic E-state index is 5.74. The van der Waals surface area contributed by atoms with Gasteiger partial charge in [-0.3, -0.25) is 0 Å². The van der Waals surface area contributed by atoms with Crippen LogP contribution < -0.4 is 4.74 Å². The van der Waals surface area contributed by atoms with E-state index in [2.05, 4.69) is 0 Å². The molecule has 1 aromatic carbocycles. The minimum absolute atomic E-state index is 0.749. The number of ether oxygens (including phenoxy) is 1. The molecule has 1 rings (SSSR count). The Hall–Kier alpha value is -0.183. The van der Waals surface area contributed by atoms with Gasteiger partial charge in [-0.15, -0.1) is 0 Å². The van der Waals surface area contributed by atoms with Crippen LogP contribution in [0.1, 0.15) is 12.8 Å². The molecule has 1 aromatic rings. The summed E-state index contributed by atoms with van der Waals surface area (Å²) in [7, 11) is -1.40. The minimum Gasteiger partial charge on any atom is -0.494 e. The van der Waals surface area contributed by atoms with E-state index in [4.69, 9.17) is 26.9 Å². The first-order chi connectivity index (χ1) is 6.79. The van der Waals surface area contributed by atoms with Crippen LogP contribution in [0.3, 0.4) is 0 Å². The zero-order valence-corrected chi connectivity index (χ0v) is 10.6. The van der Waals surface area contributed by atoms with Gasteiger partial charge in [-0.2, -0.15) is 22.2 Å². The van der Waals surface area contributed by atoms with Crippen molar-refractivity contribution < 1.29 is 4.74 Å². The van der Waals surface area contributed by atoms with Gasteiger partial charge in [0.1, 0.15) is 5.75 Å². The van der Waals surface area contributed by atoms with Crippen LogP contribution in [0, 0.1) is 0 Å². The highest BCUT2D eigenvalue weighted by Crippen LogP contribution is 2.11. The summed E-state index contributed by atoms with van der Waals surface area (Å²) in [5, 5.41) is 0. The van der Waals surface area contributed by atoms with Gasteiger partial charge < -0.3 is 4.74 Å². The van der Waals surface area contributed by atoms with Crippen molar-refractivity contribution in [3.63, 3.8) is 0 Å². The Bertz CT molecular complexity index is 241. The lowest BCUT2D eigenvalue weighted by Gasteiger charge is -2.05. The highest BCUT2D eigenvalue weighted by molar-refractivity contribution is 7.33. The second-order valence-electron chi connectivity index (χ2n) is 3.05. The zero-order valence-electron chi connectivity index (χ0n) is 7.96. The van der Waals surface area contributed by atoms with Crippen molar-refractivity contribution in [1.29, 1.82) is 0 Å². The summed E-state index contributed by atoms with van der Waals surface area (Å²) in [6.45, 7) is 0.749. The molecule has 14 heavy (non-hydrogen) atoms. The fraction of sp³-hybridized carbons (Fsp3) is 0.400. The van der Waals surface area contributed by atoms with Crippen LogP contribution >= 0.6 is 22.2 Å². The van der Waals surface area contributed by atoms with Crippen LogP contribution in [0.15, 0.2) is 30.3 Å². The molecule has 0 heterocycles. The van der Waals surface area contributed by atoms with Gasteiger partial charge in [0.05, 0.1) is 6.61 Å². The van der Waals surface area contributed by atoms with E-state index in [1.807, 2.05) is 30.3 Å². The topological polar surface area (TPSA) is 9.23 Å². The Morgan fingerprint density at radius 1 is 1.07 bits per heavy atom. The molecule has 0 radical (unpaired) electrons. The summed E-state index contributed by atoms with van der Waals surface area (Å²) >= 11 is 11.5. The van der Waals surface area contributed by atoms with Gasteiger partial charge >= 0.3 is 0 Å². The number of para-hydroxylation sites is 1. The third kappa shape index (κ3) is 5.53. The minimum atomic E-state index is -1.40. The third-order valence-corrected chi connectivity index (χ3v) is 3.98. The molecular weight excluding hydrogens is 235 g/mol. The molecule has 0 unspecified atom stereocenters. The van der Waals surface area contributed by atoms with Crippen LogP contribution in [0.5, 0.6) is 5.75 Å². The monoisotopic (exact) mass is 248 g/mol. The molecule has 0 saturated carbocycles. The molecule has 0 aliphatic rings. The SMILES string of the molecule is Cl[SiH](Cl)CCCCOc1ccccc1. The Labute approximate surface area is 96.0 Å². The standard InChI is InChI=1S/C10H14Cl2OSi/c11-14(12)9-5-4-8-13-10-6-2-1-3-7-10/h1-3,6-7,14H,4-5,8-9H2. The van der Waals surface area contributed by atoms with Crippen molar-refractivity contribution in [2.75, 3.05) is 6.61 Å². The Balaban J connectivity index is 2.05. The average Bonchev–Trinajstić information content (AvgIpc) is 2.18. The zero-order chi connectivity index (χ0) is 10.2. The van der Waals surface area contributed by atoms with E-state index in [-0.39, 0.29) is 0 Å². The number of rotatable bonds is 6. The van der Waals surface area contributed by atoms with Gasteiger partial charge in [-0.1, -0.05) is 24.6 Å². The normalized spacial score (nSPS) is 10.5. The predicted octanol–water partition coefficient (Wildman–Crippen LogP) is 3.54. The summed E-state index contributed by atoms with van der Waals surface area (Å²) in [6.07, 6.45) is 2.09. The molecule has 0 aromatic heterocycles. The fourth-order valence-electron chi connectivity index (χ4n) is 1.11. The van der Waals surface area contributed by atoms with Crippen LogP contribution in [0.25, 0.3) is 0 Å². The lowest BCUT2D eigenvalue weighted by Crippen LogP contribution is -1.99. The molecule has 0 atom stereocenters. The number of unbranched alkanes of at least 4 members (excludes halogenated alkanes) is 1. The van der Waals surface area contributed by atoms with E-state index in [0.29, 0.717) is 0 Å². The van der Waals surface area contributed by atoms with Crippen LogP contribution in [0.4, 0.5) is 0 Å². The van der Waals surface area contributed by atoms with Gasteiger partial charge in [0.2, 0.25) is 7.42 Å². The van der Waals surface area contributed by atoms with Gasteiger partial charge in [-0.05, 0) is 24.6 Å². The second-order valence-corrected chi connectivity index (χ2v) is 8.24. The number of hydrogen-bond donors (Lipinski definition) is 0. The molecule has 0 aliphatic carbocycles. The molecular formula is C10H14Cl2OSi. The number of benzene rings is 1. The lowest BCUT2D eigenvalue weighted by atomic mass is 10.3. The Morgan fingerprint density at radius 2 is 1.79 bits per heavy atom. The van der Waals surface area contributed by atoms with E-state index in [1.54, 1.807) is 0 Å². The molecule has 0 saturated heterocycles. The van der Waals surface area contributed by atoms with E-state index in [0.717, 1.165) is 31.2 Å². The smallest absolute Gasteiger partial charge is 0.237 e. The fourth-order valence-corrected chi connectivity index (χ4v) is 2.63. The number of hydrogen-bond acceptors (Lipinski definition) is 1. The maximum absolute atomic E-state index is 5.74. The lowest BCUT2D eigenvalue weighted by molar-refractivity contribution is 0.309. The Morgan fingerprint density at radius 3 is 2.43 bits per heavy atom. The predicted molar refractivity (Wildman–Crippen MR) is 64.8 cm³/mol. The molecule has 1 nitrogen and oxygen atoms in total. The summed E-state index contributed by atoms with van der Waals surface area (Å²) in [4.78, 5) is 0. The Kier molecular flexibility index (Phi) is 6.08. The molecule has 0 aliphatic heterocycles. The van der Waals surface area contributed by atoms with Crippen molar-refractivity contribution in [3.8, 4) is 5.75 Å². The molecule has 0 amide bonds. The third-order valence-electron chi connectivity index (χ3n) is 1.83. The summed E-state index contributed by atoms with van der Waals surface area (Å²) in [6, 6.07) is 10.8. The molecule has 0 bridgehead atoms. The van der Waals surface area contributed by atoms with Gasteiger partial charge in [-0.25, -0.2) is 0 Å². The first-order valence-electron chi connectivity index (χ1n) is 4.75. The van der Waals surface area contributed by atoms with Crippen molar-refractivity contribution in [1.82, 2.24) is 0 Å². The van der Waals surface area contributed by atoms with Crippen molar-refractivity contribution in [3.05, 3.63) is 30.3 Å². The van der Waals surface area contributed by atoms with Gasteiger partial charge in [0.15, 0.2) is 0 Å². The molecule has 0 fully saturated rings. The maximum Gasteiger partial charge on any atom is 0.237 e. The van der Waals surface area contributed by atoms with E-state index in [9.17, 15) is 0 Å². The summed E-state index contributed by atoms with van der Waals surface area (Å²) in [5.74, 6) is 0.929. The number of halogens is 2. The first-order valence-corrected chi connectivity index (χ1v) is 9.06. The molecule has 4 heteroatoms. The van der Waals surface area contributed by atoms with E-state index < -0.39 is 7.42 Å². The quantitative estimate of drug-likeness (QED) is 0.425. The van der Waals surface area contributed by atoms with Crippen molar-refractivity contribution in [2.45, 2.75) is 18.9 Å². The van der Waals surface area contributed by atoms with Crippen molar-refractivity contribution >= 4 is 29.6 Å².